The van der Waals surface area contributed by atoms with E-state index in [0.717, 1.165) is 25.0 Å². The van der Waals surface area contributed by atoms with E-state index >= 15 is 0 Å². The maximum atomic E-state index is 11.5. The summed E-state index contributed by atoms with van der Waals surface area (Å²) < 4.78 is 0. The van der Waals surface area contributed by atoms with E-state index in [9.17, 15) is 9.59 Å². The molecule has 0 spiro atoms. The number of rotatable bonds is 8. The van der Waals surface area contributed by atoms with E-state index in [4.69, 9.17) is 20.4 Å². The molecule has 0 aromatic carbocycles. The second kappa shape index (κ2) is 55.5. The number of hydrogen-bond acceptors (Lipinski definition) is 10. The van der Waals surface area contributed by atoms with Crippen molar-refractivity contribution in [3.63, 3.8) is 0 Å². The first-order valence-corrected chi connectivity index (χ1v) is 15.1. The molecule has 24 heteroatoms. The van der Waals surface area contributed by atoms with E-state index in [1.54, 1.807) is 37.2 Å². The van der Waals surface area contributed by atoms with Crippen LogP contribution in [0.15, 0.2) is 91.8 Å². The van der Waals surface area contributed by atoms with Gasteiger partial charge in [0.15, 0.2) is 6.29 Å². The molecule has 3 amide bonds. The van der Waals surface area contributed by atoms with E-state index in [2.05, 4.69) is 30.9 Å². The summed E-state index contributed by atoms with van der Waals surface area (Å²) in [7, 11) is 0. The first kappa shape index (κ1) is 80.6. The summed E-state index contributed by atoms with van der Waals surface area (Å²) in [6.45, 7) is 1.57. The molecule has 0 bridgehead atoms. The van der Waals surface area contributed by atoms with Gasteiger partial charge in [-0.15, -0.1) is 0 Å². The van der Waals surface area contributed by atoms with Crippen LogP contribution in [0.1, 0.15) is 39.0 Å². The van der Waals surface area contributed by atoms with Gasteiger partial charge in [0.05, 0.1) is 12.1 Å². The van der Waals surface area contributed by atoms with Crippen molar-refractivity contribution in [2.75, 3.05) is 12.3 Å². The molecule has 5 rings (SSSR count). The number of amides is 3. The van der Waals surface area contributed by atoms with Gasteiger partial charge in [0, 0.05) is 135 Å². The second-order valence-electron chi connectivity index (χ2n) is 9.19. The maximum Gasteiger partial charge on any atom is 0.315 e. The summed E-state index contributed by atoms with van der Waals surface area (Å²) in [5.41, 5.74) is 0. The number of nitrogens with one attached hydrogen (secondary N) is 3. The molecule has 2 fully saturated rings. The molecule has 3 aromatic heterocycles. The molecule has 3 aromatic rings. The van der Waals surface area contributed by atoms with Gasteiger partial charge >= 0.3 is 6.03 Å². The van der Waals surface area contributed by atoms with E-state index in [1.165, 1.54) is 6.92 Å². The number of urea groups is 1. The number of carbonyl (C=O) groups excluding carboxylic acids is 2. The van der Waals surface area contributed by atoms with E-state index < -0.39 is 12.6 Å². The molecule has 2 aliphatic heterocycles. The summed E-state index contributed by atoms with van der Waals surface area (Å²) in [5, 5.41) is 41.5. The van der Waals surface area contributed by atoms with Gasteiger partial charge in [-0.3, -0.25) is 19.7 Å². The molecule has 328 valence electrons. The quantitative estimate of drug-likeness (QED) is 0.0495. The standard InChI is InChI=1S/C13H23N3O4S.3C5H5N.C2H6O2.4Co.7H2O/c17-10(14-6-5-11(18)19)4-2-1-3-9-12-8(7-21-9)15-13(20)16-12;3*1-2-4-6-5-3-1;1-2(3)4;;;;;;;;;;;/h8-9,11-12,18-19H,1-7H2,(H,14,17)(H2,15,16,20);3*1-5H;2-4H,1H3;;;;;7*1H2/p+4/t8-,9-,12-;;;;;;;;;;;;;;;/m0.............../s1. The van der Waals surface area contributed by atoms with Crippen molar-refractivity contribution >= 4 is 23.7 Å². The minimum atomic E-state index is -1.37. The van der Waals surface area contributed by atoms with Crippen molar-refractivity contribution in [1.82, 2.24) is 30.9 Å². The Kier molecular flexibility index (Phi) is 82.7. The van der Waals surface area contributed by atoms with Crippen LogP contribution in [0.2, 0.25) is 0 Å². The number of nitrogens with zero attached hydrogens (tertiary/aromatic N) is 3. The molecule has 2 aliphatic rings. The molecule has 3 atom stereocenters. The smallest absolute Gasteiger partial charge is 0.315 e. The van der Waals surface area contributed by atoms with Gasteiger partial charge in [-0.1, -0.05) is 24.6 Å². The number of thioether (sulfide) groups is 1. The molecule has 25 N–H and O–H groups in total. The first-order chi connectivity index (χ1) is 20.8. The number of aliphatic hydroxyl groups excluding tert-OH is 2. The maximum absolute atomic E-state index is 11.5. The molecule has 0 saturated carbocycles. The minimum Gasteiger partial charge on any atom is -0.457 e. The monoisotopic (exact) mass is 982 g/mol. The van der Waals surface area contributed by atoms with Gasteiger partial charge in [-0.2, -0.15) is 11.8 Å². The van der Waals surface area contributed by atoms with Crippen LogP contribution in [0, 0.1) is 0 Å². The summed E-state index contributed by atoms with van der Waals surface area (Å²) in [4.78, 5) is 34.1. The molecule has 19 nitrogen and oxygen atoms in total. The summed E-state index contributed by atoms with van der Waals surface area (Å²) >= 11 is 1.88. The van der Waals surface area contributed by atoms with Gasteiger partial charge in [0.2, 0.25) is 5.91 Å². The van der Waals surface area contributed by atoms with Crippen LogP contribution in [0.3, 0.4) is 0 Å². The molecule has 4 radical (unpaired) electrons. The van der Waals surface area contributed by atoms with Gasteiger partial charge in [-0.25, -0.2) is 4.79 Å². The van der Waals surface area contributed by atoms with Crippen molar-refractivity contribution in [2.45, 2.75) is 68.9 Å². The Labute approximate surface area is 361 Å². The number of hydrogen-bond donors (Lipinski definition) is 7. The van der Waals surface area contributed by atoms with Gasteiger partial charge in [-0.05, 0) is 56.2 Å². The Bertz CT molecular complexity index is 936. The predicted molar refractivity (Wildman–Crippen MR) is 197 cm³/mol. The number of unbranched alkanes of at least 4 members (excludes halogenated alkanes) is 1. The Morgan fingerprint density at radius 2 is 1.13 bits per heavy atom. The SMILES string of the molecule is CC(O)O.O.O.O.O=C(CCCC[C@@H]1SC[C@@H]2NC(=O)N[C@@H]21)NCCC(O)O.[Co].[Co].[Co].[Co].[OH3+].[OH3+].[OH3+].[OH3+].c1ccncc1.c1ccncc1.c1ccncc1. The van der Waals surface area contributed by atoms with Crippen LogP contribution < -0.4 is 16.0 Å². The van der Waals surface area contributed by atoms with Crippen molar-refractivity contribution in [1.29, 1.82) is 0 Å². The second-order valence-corrected chi connectivity index (χ2v) is 10.5. The predicted octanol–water partition coefficient (Wildman–Crippen LogP) is -4.08. The topological polar surface area (TPSA) is 416 Å². The van der Waals surface area contributed by atoms with Crippen molar-refractivity contribution in [3.05, 3.63) is 91.8 Å². The number of aromatic nitrogens is 3. The van der Waals surface area contributed by atoms with Gasteiger partial charge < -0.3 is 74.7 Å². The number of carbonyl (C=O) groups is 2. The zero-order valence-corrected chi connectivity index (χ0v) is 34.5. The van der Waals surface area contributed by atoms with E-state index in [0.29, 0.717) is 11.7 Å². The molecule has 0 aliphatic carbocycles. The Balaban J connectivity index is -0.0000000526. The fourth-order valence-electron chi connectivity index (χ4n) is 3.64. The molecule has 54 heavy (non-hydrogen) atoms. The molecule has 0 unspecified atom stereocenters. The average molecular weight is 983 g/mol. The van der Waals surface area contributed by atoms with Gasteiger partial charge in [0.1, 0.15) is 6.29 Å². The van der Waals surface area contributed by atoms with E-state index in [-0.39, 0.29) is 142 Å². The fraction of sp³-hybridized carbons (Fsp3) is 0.433. The third-order valence-electron chi connectivity index (χ3n) is 5.50. The van der Waals surface area contributed by atoms with Crippen molar-refractivity contribution < 1.29 is 135 Å². The number of pyridine rings is 3. The van der Waals surface area contributed by atoms with E-state index in [1.807, 2.05) is 66.4 Å². The Morgan fingerprint density at radius 1 is 0.741 bits per heavy atom. The minimum absolute atomic E-state index is 0. The largest absolute Gasteiger partial charge is 0.457 e. The van der Waals surface area contributed by atoms with Crippen LogP contribution in [-0.2, 0) is 93.8 Å². The van der Waals surface area contributed by atoms with Gasteiger partial charge in [0.25, 0.3) is 0 Å². The molecule has 2 saturated heterocycles. The first-order valence-electron chi connectivity index (χ1n) is 14.0. The van der Waals surface area contributed by atoms with Crippen LogP contribution in [-0.4, -0.2) is 106 Å². The molecular weight excluding hydrogens is 920 g/mol. The fourth-order valence-corrected chi connectivity index (χ4v) is 5.18. The molecular formula is C30H62Co4N6O13S+4. The zero-order valence-electron chi connectivity index (χ0n) is 29.5. The summed E-state index contributed by atoms with van der Waals surface area (Å²) in [6.07, 6.45) is 11.3. The van der Waals surface area contributed by atoms with Crippen LogP contribution in [0.4, 0.5) is 4.79 Å². The Hall–Kier alpha value is -1.87. The zero-order chi connectivity index (χ0) is 31.5. The third kappa shape index (κ3) is 48.1. The molecule has 5 heterocycles. The number of fused-ring (bicyclic) bond motifs is 1. The summed E-state index contributed by atoms with van der Waals surface area (Å²) in [6, 6.07) is 17.6. The third-order valence-corrected chi connectivity index (χ3v) is 7.01. The van der Waals surface area contributed by atoms with Crippen molar-refractivity contribution in [3.8, 4) is 0 Å². The average Bonchev–Trinajstić information content (AvgIpc) is 3.57. The van der Waals surface area contributed by atoms with Crippen LogP contribution >= 0.6 is 11.8 Å². The summed E-state index contributed by atoms with van der Waals surface area (Å²) in [5.74, 6) is 0.904. The van der Waals surface area contributed by atoms with Crippen molar-refractivity contribution in [2.24, 2.45) is 0 Å². The normalized spacial score (nSPS) is 14.0. The van der Waals surface area contributed by atoms with Crippen LogP contribution in [0.5, 0.6) is 0 Å². The Morgan fingerprint density at radius 3 is 1.44 bits per heavy atom. The number of aliphatic hydroxyl groups is 4. The van der Waals surface area contributed by atoms with Crippen LogP contribution in [0.25, 0.3) is 0 Å².